The second-order valence-corrected chi connectivity index (χ2v) is 4.64. The van der Waals surface area contributed by atoms with Crippen LogP contribution < -0.4 is 10.6 Å². The molecule has 3 heteroatoms. The lowest BCUT2D eigenvalue weighted by molar-refractivity contribution is 0.237. The van der Waals surface area contributed by atoms with Crippen molar-refractivity contribution in [3.63, 3.8) is 0 Å². The Kier molecular flexibility index (Phi) is 4.77. The fraction of sp³-hybridized carbons (Fsp3) is 0.909. The van der Waals surface area contributed by atoms with Crippen molar-refractivity contribution < 1.29 is 4.79 Å². The van der Waals surface area contributed by atoms with E-state index in [1.54, 1.807) is 0 Å². The monoisotopic (exact) mass is 198 g/mol. The highest BCUT2D eigenvalue weighted by Crippen LogP contribution is 2.23. The number of amides is 2. The van der Waals surface area contributed by atoms with Gasteiger partial charge in [-0.1, -0.05) is 26.7 Å². The van der Waals surface area contributed by atoms with Gasteiger partial charge in [0, 0.05) is 13.1 Å². The lowest BCUT2D eigenvalue weighted by Crippen LogP contribution is -2.39. The van der Waals surface area contributed by atoms with E-state index in [-0.39, 0.29) is 6.03 Å². The Hall–Kier alpha value is -0.730. The van der Waals surface area contributed by atoms with Gasteiger partial charge in [-0.05, 0) is 24.7 Å². The SMILES string of the molecule is CC(C)CNC(=O)NCC1CCCC1. The second-order valence-electron chi connectivity index (χ2n) is 4.64. The molecule has 1 saturated carbocycles. The van der Waals surface area contributed by atoms with Gasteiger partial charge in [0.05, 0.1) is 0 Å². The van der Waals surface area contributed by atoms with Crippen LogP contribution in [-0.2, 0) is 0 Å². The second kappa shape index (κ2) is 5.89. The zero-order chi connectivity index (χ0) is 10.4. The van der Waals surface area contributed by atoms with E-state index in [2.05, 4.69) is 24.5 Å². The molecule has 2 amide bonds. The summed E-state index contributed by atoms with van der Waals surface area (Å²) in [6, 6.07) is -0.00870. The molecule has 82 valence electrons. The van der Waals surface area contributed by atoms with Gasteiger partial charge in [-0.3, -0.25) is 0 Å². The topological polar surface area (TPSA) is 41.1 Å². The smallest absolute Gasteiger partial charge is 0.314 e. The molecule has 0 atom stereocenters. The van der Waals surface area contributed by atoms with E-state index < -0.39 is 0 Å². The first-order chi connectivity index (χ1) is 6.68. The minimum atomic E-state index is -0.00870. The Morgan fingerprint density at radius 3 is 2.50 bits per heavy atom. The quantitative estimate of drug-likeness (QED) is 0.714. The largest absolute Gasteiger partial charge is 0.338 e. The normalized spacial score (nSPS) is 17.4. The summed E-state index contributed by atoms with van der Waals surface area (Å²) in [5.74, 6) is 1.24. The lowest BCUT2D eigenvalue weighted by Gasteiger charge is -2.12. The van der Waals surface area contributed by atoms with E-state index in [0.29, 0.717) is 5.92 Å². The van der Waals surface area contributed by atoms with Gasteiger partial charge >= 0.3 is 6.03 Å². The molecule has 0 heterocycles. The molecule has 1 fully saturated rings. The minimum absolute atomic E-state index is 0.00870. The molecule has 1 aliphatic carbocycles. The molecule has 0 radical (unpaired) electrons. The van der Waals surface area contributed by atoms with Crippen molar-refractivity contribution in [3.8, 4) is 0 Å². The molecule has 0 bridgehead atoms. The molecule has 0 aromatic heterocycles. The number of nitrogens with one attached hydrogen (secondary N) is 2. The van der Waals surface area contributed by atoms with Crippen LogP contribution in [0.15, 0.2) is 0 Å². The van der Waals surface area contributed by atoms with Crippen molar-refractivity contribution in [1.29, 1.82) is 0 Å². The summed E-state index contributed by atoms with van der Waals surface area (Å²) >= 11 is 0. The van der Waals surface area contributed by atoms with Crippen LogP contribution in [0.2, 0.25) is 0 Å². The molecular formula is C11H22N2O. The Labute approximate surface area is 86.6 Å². The number of hydrogen-bond acceptors (Lipinski definition) is 1. The van der Waals surface area contributed by atoms with Gasteiger partial charge in [-0.2, -0.15) is 0 Å². The summed E-state index contributed by atoms with van der Waals surface area (Å²) in [6.07, 6.45) is 5.23. The van der Waals surface area contributed by atoms with Crippen molar-refractivity contribution in [3.05, 3.63) is 0 Å². The van der Waals surface area contributed by atoms with Gasteiger partial charge in [-0.15, -0.1) is 0 Å². The van der Waals surface area contributed by atoms with Crippen LogP contribution in [-0.4, -0.2) is 19.1 Å². The first-order valence-electron chi connectivity index (χ1n) is 5.70. The molecule has 0 unspecified atom stereocenters. The Morgan fingerprint density at radius 2 is 1.93 bits per heavy atom. The van der Waals surface area contributed by atoms with Crippen molar-refractivity contribution >= 4 is 6.03 Å². The van der Waals surface area contributed by atoms with Crippen LogP contribution in [0.1, 0.15) is 39.5 Å². The molecule has 0 aromatic rings. The maximum Gasteiger partial charge on any atom is 0.314 e. The average Bonchev–Trinajstić information content (AvgIpc) is 2.63. The number of hydrogen-bond donors (Lipinski definition) is 2. The third-order valence-corrected chi connectivity index (χ3v) is 2.70. The van der Waals surface area contributed by atoms with Crippen LogP contribution in [0.4, 0.5) is 4.79 Å². The molecule has 0 aliphatic heterocycles. The Bertz CT molecular complexity index is 174. The molecule has 1 rings (SSSR count). The summed E-state index contributed by atoms with van der Waals surface area (Å²) in [5, 5.41) is 5.79. The summed E-state index contributed by atoms with van der Waals surface area (Å²) in [7, 11) is 0. The van der Waals surface area contributed by atoms with E-state index in [1.807, 2.05) is 0 Å². The van der Waals surface area contributed by atoms with E-state index >= 15 is 0 Å². The number of carbonyl (C=O) groups is 1. The maximum atomic E-state index is 11.3. The van der Waals surface area contributed by atoms with E-state index in [9.17, 15) is 4.79 Å². The maximum absolute atomic E-state index is 11.3. The Morgan fingerprint density at radius 1 is 1.29 bits per heavy atom. The number of carbonyl (C=O) groups excluding carboxylic acids is 1. The summed E-state index contributed by atoms with van der Waals surface area (Å²) in [5.41, 5.74) is 0. The average molecular weight is 198 g/mol. The van der Waals surface area contributed by atoms with E-state index in [1.165, 1.54) is 25.7 Å². The molecule has 3 nitrogen and oxygen atoms in total. The Balaban J connectivity index is 2.02. The van der Waals surface area contributed by atoms with Gasteiger partial charge in [0.15, 0.2) is 0 Å². The van der Waals surface area contributed by atoms with Crippen molar-refractivity contribution in [2.75, 3.05) is 13.1 Å². The molecule has 14 heavy (non-hydrogen) atoms. The van der Waals surface area contributed by atoms with Gasteiger partial charge in [0.1, 0.15) is 0 Å². The zero-order valence-corrected chi connectivity index (χ0v) is 9.31. The fourth-order valence-electron chi connectivity index (χ4n) is 1.81. The molecule has 0 saturated heterocycles. The number of urea groups is 1. The van der Waals surface area contributed by atoms with Crippen LogP contribution in [0.25, 0.3) is 0 Å². The molecule has 2 N–H and O–H groups in total. The third-order valence-electron chi connectivity index (χ3n) is 2.70. The van der Waals surface area contributed by atoms with Gasteiger partial charge in [0.2, 0.25) is 0 Å². The number of rotatable bonds is 4. The summed E-state index contributed by atoms with van der Waals surface area (Å²) in [4.78, 5) is 11.3. The van der Waals surface area contributed by atoms with Crippen LogP contribution in [0.5, 0.6) is 0 Å². The van der Waals surface area contributed by atoms with Crippen molar-refractivity contribution in [2.45, 2.75) is 39.5 Å². The highest BCUT2D eigenvalue weighted by molar-refractivity contribution is 5.73. The standard InChI is InChI=1S/C11H22N2O/c1-9(2)7-12-11(14)13-8-10-5-3-4-6-10/h9-10H,3-8H2,1-2H3,(H2,12,13,14). The summed E-state index contributed by atoms with van der Waals surface area (Å²) in [6.45, 7) is 5.80. The molecular weight excluding hydrogens is 176 g/mol. The third kappa shape index (κ3) is 4.49. The molecule has 0 aromatic carbocycles. The van der Waals surface area contributed by atoms with Crippen molar-refractivity contribution in [1.82, 2.24) is 10.6 Å². The van der Waals surface area contributed by atoms with Crippen LogP contribution in [0, 0.1) is 11.8 Å². The summed E-state index contributed by atoms with van der Waals surface area (Å²) < 4.78 is 0. The van der Waals surface area contributed by atoms with E-state index in [0.717, 1.165) is 19.0 Å². The van der Waals surface area contributed by atoms with Gasteiger partial charge in [0.25, 0.3) is 0 Å². The van der Waals surface area contributed by atoms with Crippen molar-refractivity contribution in [2.24, 2.45) is 11.8 Å². The molecule has 1 aliphatic rings. The first kappa shape index (κ1) is 11.3. The molecule has 0 spiro atoms. The fourth-order valence-corrected chi connectivity index (χ4v) is 1.81. The van der Waals surface area contributed by atoms with Gasteiger partial charge < -0.3 is 10.6 Å². The highest BCUT2D eigenvalue weighted by Gasteiger charge is 2.15. The van der Waals surface area contributed by atoms with Gasteiger partial charge in [-0.25, -0.2) is 4.79 Å². The zero-order valence-electron chi connectivity index (χ0n) is 9.31. The highest BCUT2D eigenvalue weighted by atomic mass is 16.2. The minimum Gasteiger partial charge on any atom is -0.338 e. The predicted molar refractivity (Wildman–Crippen MR) is 58.2 cm³/mol. The van der Waals surface area contributed by atoms with E-state index in [4.69, 9.17) is 0 Å². The van der Waals surface area contributed by atoms with Crippen LogP contribution >= 0.6 is 0 Å². The predicted octanol–water partition coefficient (Wildman–Crippen LogP) is 2.13. The first-order valence-corrected chi connectivity index (χ1v) is 5.70. The van der Waals surface area contributed by atoms with Crippen LogP contribution in [0.3, 0.4) is 0 Å². The lowest BCUT2D eigenvalue weighted by atomic mass is 10.1.